The second-order valence-corrected chi connectivity index (χ2v) is 5.42. The van der Waals surface area contributed by atoms with Gasteiger partial charge in [0.25, 0.3) is 5.91 Å². The summed E-state index contributed by atoms with van der Waals surface area (Å²) >= 11 is 3.47. The smallest absolute Gasteiger partial charge is 0.253 e. The molecule has 1 N–H and O–H groups in total. The summed E-state index contributed by atoms with van der Waals surface area (Å²) in [4.78, 5) is 16.2. The first-order valence-corrected chi connectivity index (χ1v) is 7.17. The molecule has 20 heavy (non-hydrogen) atoms. The number of hydrogen-bond acceptors (Lipinski definition) is 3. The fraction of sp³-hybridized carbons (Fsp3) is 0.200. The molecule has 0 unspecified atom stereocenters. The summed E-state index contributed by atoms with van der Waals surface area (Å²) in [5.41, 5.74) is 1.57. The van der Waals surface area contributed by atoms with E-state index in [1.807, 2.05) is 18.2 Å². The Kier molecular flexibility index (Phi) is 3.69. The maximum atomic E-state index is 12.2. The van der Waals surface area contributed by atoms with Crippen molar-refractivity contribution >= 4 is 21.8 Å². The van der Waals surface area contributed by atoms with Crippen molar-refractivity contribution in [2.24, 2.45) is 0 Å². The number of rotatable bonds is 2. The summed E-state index contributed by atoms with van der Waals surface area (Å²) in [5, 5.41) is 3.04. The highest BCUT2D eigenvalue weighted by Gasteiger charge is 2.24. The molecule has 1 atom stereocenters. The summed E-state index contributed by atoms with van der Waals surface area (Å²) in [7, 11) is 0. The number of benzene rings is 1. The molecule has 0 spiro atoms. The molecule has 1 aromatic carbocycles. The fourth-order valence-corrected chi connectivity index (χ4v) is 2.77. The Balaban J connectivity index is 1.84. The molecule has 0 saturated carbocycles. The molecule has 0 aliphatic carbocycles. The second-order valence-electron chi connectivity index (χ2n) is 4.56. The van der Waals surface area contributed by atoms with E-state index in [0.717, 1.165) is 22.2 Å². The number of aromatic nitrogens is 1. The van der Waals surface area contributed by atoms with Crippen LogP contribution in [0.25, 0.3) is 0 Å². The van der Waals surface area contributed by atoms with Crippen molar-refractivity contribution in [3.63, 3.8) is 0 Å². The minimum Gasteiger partial charge on any atom is -0.492 e. The van der Waals surface area contributed by atoms with Gasteiger partial charge in [-0.1, -0.05) is 12.1 Å². The zero-order valence-electron chi connectivity index (χ0n) is 10.7. The standard InChI is InChI=1S/C15H13BrN2O2/c16-12-5-1-4-11-13(6-8-20-14(11)12)18-15(19)10-3-2-7-17-9-10/h1-5,7,9,13H,6,8H2,(H,18,19)/t13-/m1/s1. The first-order valence-electron chi connectivity index (χ1n) is 6.38. The number of fused-ring (bicyclic) bond motifs is 1. The highest BCUT2D eigenvalue weighted by molar-refractivity contribution is 9.10. The third-order valence-electron chi connectivity index (χ3n) is 3.25. The topological polar surface area (TPSA) is 51.2 Å². The third-order valence-corrected chi connectivity index (χ3v) is 3.88. The Labute approximate surface area is 125 Å². The van der Waals surface area contributed by atoms with Gasteiger partial charge >= 0.3 is 0 Å². The SMILES string of the molecule is O=C(N[C@@H]1CCOc2c(Br)cccc21)c1cccnc1. The summed E-state index contributed by atoms with van der Waals surface area (Å²) < 4.78 is 6.57. The summed E-state index contributed by atoms with van der Waals surface area (Å²) in [5.74, 6) is 0.700. The van der Waals surface area contributed by atoms with Crippen LogP contribution in [0.3, 0.4) is 0 Å². The number of hydrogen-bond donors (Lipinski definition) is 1. The number of ether oxygens (including phenoxy) is 1. The number of amides is 1. The van der Waals surface area contributed by atoms with Gasteiger partial charge in [-0.15, -0.1) is 0 Å². The summed E-state index contributed by atoms with van der Waals surface area (Å²) in [6.07, 6.45) is 3.98. The van der Waals surface area contributed by atoms with E-state index in [4.69, 9.17) is 4.74 Å². The van der Waals surface area contributed by atoms with Crippen molar-refractivity contribution in [2.45, 2.75) is 12.5 Å². The van der Waals surface area contributed by atoms with Gasteiger partial charge in [0.1, 0.15) is 5.75 Å². The molecule has 1 aliphatic rings. The normalized spacial score (nSPS) is 16.9. The van der Waals surface area contributed by atoms with Crippen LogP contribution in [0.15, 0.2) is 47.2 Å². The molecule has 0 fully saturated rings. The Hall–Kier alpha value is -1.88. The van der Waals surface area contributed by atoms with Crippen molar-refractivity contribution in [1.82, 2.24) is 10.3 Å². The van der Waals surface area contributed by atoms with Crippen molar-refractivity contribution < 1.29 is 9.53 Å². The van der Waals surface area contributed by atoms with Gasteiger partial charge in [-0.05, 0) is 34.1 Å². The average molecular weight is 333 g/mol. The largest absolute Gasteiger partial charge is 0.492 e. The Morgan fingerprint density at radius 2 is 2.25 bits per heavy atom. The number of carbonyl (C=O) groups excluding carboxylic acids is 1. The van der Waals surface area contributed by atoms with Crippen LogP contribution in [0.5, 0.6) is 5.75 Å². The highest BCUT2D eigenvalue weighted by Crippen LogP contribution is 2.37. The zero-order valence-corrected chi connectivity index (χ0v) is 12.3. The molecule has 2 aromatic rings. The van der Waals surface area contributed by atoms with Crippen LogP contribution in [0, 0.1) is 0 Å². The highest BCUT2D eigenvalue weighted by atomic mass is 79.9. The van der Waals surface area contributed by atoms with Gasteiger partial charge in [-0.3, -0.25) is 9.78 Å². The van der Waals surface area contributed by atoms with Crippen LogP contribution in [0.1, 0.15) is 28.4 Å². The number of halogens is 1. The summed E-state index contributed by atoms with van der Waals surface area (Å²) in [6, 6.07) is 9.33. The van der Waals surface area contributed by atoms with Crippen molar-refractivity contribution in [2.75, 3.05) is 6.61 Å². The maximum Gasteiger partial charge on any atom is 0.253 e. The van der Waals surface area contributed by atoms with E-state index in [2.05, 4.69) is 26.2 Å². The molecular formula is C15H13BrN2O2. The number of nitrogens with zero attached hydrogens (tertiary/aromatic N) is 1. The predicted molar refractivity (Wildman–Crippen MR) is 78.7 cm³/mol. The van der Waals surface area contributed by atoms with E-state index in [-0.39, 0.29) is 11.9 Å². The van der Waals surface area contributed by atoms with Gasteiger partial charge in [0.15, 0.2) is 0 Å². The molecule has 1 amide bonds. The number of para-hydroxylation sites is 1. The molecule has 1 aliphatic heterocycles. The predicted octanol–water partition coefficient (Wildman–Crippen LogP) is 3.10. The lowest BCUT2D eigenvalue weighted by atomic mass is 10.0. The first-order chi connectivity index (χ1) is 9.75. The molecule has 102 valence electrons. The quantitative estimate of drug-likeness (QED) is 0.919. The summed E-state index contributed by atoms with van der Waals surface area (Å²) in [6.45, 7) is 0.591. The lowest BCUT2D eigenvalue weighted by molar-refractivity contribution is 0.0924. The average Bonchev–Trinajstić information content (AvgIpc) is 2.49. The maximum absolute atomic E-state index is 12.2. The fourth-order valence-electron chi connectivity index (χ4n) is 2.28. The Morgan fingerprint density at radius 1 is 1.35 bits per heavy atom. The molecule has 0 saturated heterocycles. The van der Waals surface area contributed by atoms with Crippen LogP contribution in [-0.4, -0.2) is 17.5 Å². The van der Waals surface area contributed by atoms with Crippen molar-refractivity contribution in [3.05, 3.63) is 58.3 Å². The molecule has 5 heteroatoms. The molecular weight excluding hydrogens is 320 g/mol. The van der Waals surface area contributed by atoms with E-state index >= 15 is 0 Å². The van der Waals surface area contributed by atoms with E-state index in [1.165, 1.54) is 0 Å². The van der Waals surface area contributed by atoms with Crippen LogP contribution in [0.2, 0.25) is 0 Å². The van der Waals surface area contributed by atoms with Gasteiger partial charge in [-0.2, -0.15) is 0 Å². The van der Waals surface area contributed by atoms with Crippen LogP contribution < -0.4 is 10.1 Å². The minimum atomic E-state index is -0.115. The number of nitrogens with one attached hydrogen (secondary N) is 1. The van der Waals surface area contributed by atoms with E-state index in [9.17, 15) is 4.79 Å². The van der Waals surface area contributed by atoms with Crippen molar-refractivity contribution in [3.8, 4) is 5.75 Å². The van der Waals surface area contributed by atoms with Gasteiger partial charge in [0.2, 0.25) is 0 Å². The van der Waals surface area contributed by atoms with Gasteiger partial charge in [0.05, 0.1) is 22.7 Å². The van der Waals surface area contributed by atoms with E-state index in [0.29, 0.717) is 12.2 Å². The molecule has 0 radical (unpaired) electrons. The van der Waals surface area contributed by atoms with E-state index in [1.54, 1.807) is 24.5 Å². The molecule has 3 rings (SSSR count). The van der Waals surface area contributed by atoms with Gasteiger partial charge in [0, 0.05) is 24.4 Å². The lowest BCUT2D eigenvalue weighted by Gasteiger charge is -2.27. The second kappa shape index (κ2) is 5.63. The van der Waals surface area contributed by atoms with E-state index < -0.39 is 0 Å². The molecule has 4 nitrogen and oxygen atoms in total. The number of pyridine rings is 1. The molecule has 1 aromatic heterocycles. The zero-order chi connectivity index (χ0) is 13.9. The van der Waals surface area contributed by atoms with Crippen LogP contribution in [-0.2, 0) is 0 Å². The number of carbonyl (C=O) groups is 1. The Bertz CT molecular complexity index is 631. The first kappa shape index (κ1) is 13.1. The third kappa shape index (κ3) is 2.54. The Morgan fingerprint density at radius 3 is 3.05 bits per heavy atom. The molecule has 2 heterocycles. The van der Waals surface area contributed by atoms with Gasteiger partial charge < -0.3 is 10.1 Å². The minimum absolute atomic E-state index is 0.0380. The van der Waals surface area contributed by atoms with Crippen LogP contribution >= 0.6 is 15.9 Å². The lowest BCUT2D eigenvalue weighted by Crippen LogP contribution is -2.32. The van der Waals surface area contributed by atoms with Crippen molar-refractivity contribution in [1.29, 1.82) is 0 Å². The molecule has 0 bridgehead atoms. The van der Waals surface area contributed by atoms with Gasteiger partial charge in [-0.25, -0.2) is 0 Å². The van der Waals surface area contributed by atoms with Crippen LogP contribution in [0.4, 0.5) is 0 Å². The monoisotopic (exact) mass is 332 g/mol.